The first kappa shape index (κ1) is 19.3. The first-order valence-electron chi connectivity index (χ1n) is 7.33. The Morgan fingerprint density at radius 3 is 2.30 bits per heavy atom. The van der Waals surface area contributed by atoms with Gasteiger partial charge in [0.25, 0.3) is 0 Å². The molecule has 0 aliphatic rings. The summed E-state index contributed by atoms with van der Waals surface area (Å²) in [7, 11) is 0. The summed E-state index contributed by atoms with van der Waals surface area (Å²) < 4.78 is 10.5. The Bertz CT molecular complexity index is 222. The SMILES string of the molecule is O=C(O)CCCCCCCC(CO)OCCOCCO. The van der Waals surface area contributed by atoms with Crippen molar-refractivity contribution in [2.75, 3.05) is 33.0 Å². The lowest BCUT2D eigenvalue weighted by atomic mass is 10.1. The van der Waals surface area contributed by atoms with Crippen LogP contribution < -0.4 is 0 Å². The third-order valence-corrected chi connectivity index (χ3v) is 2.94. The number of unbranched alkanes of at least 4 members (excludes halogenated alkanes) is 4. The molecule has 6 heteroatoms. The summed E-state index contributed by atoms with van der Waals surface area (Å²) in [5, 5.41) is 26.2. The van der Waals surface area contributed by atoms with Crippen molar-refractivity contribution < 1.29 is 29.6 Å². The molecule has 0 aromatic carbocycles. The van der Waals surface area contributed by atoms with Gasteiger partial charge in [0.15, 0.2) is 0 Å². The van der Waals surface area contributed by atoms with Crippen LogP contribution in [0.25, 0.3) is 0 Å². The Morgan fingerprint density at radius 1 is 0.950 bits per heavy atom. The van der Waals surface area contributed by atoms with Crippen molar-refractivity contribution in [1.29, 1.82) is 0 Å². The van der Waals surface area contributed by atoms with E-state index in [9.17, 15) is 4.79 Å². The van der Waals surface area contributed by atoms with Crippen molar-refractivity contribution in [2.45, 2.75) is 51.0 Å². The summed E-state index contributed by atoms with van der Waals surface area (Å²) >= 11 is 0. The number of aliphatic hydroxyl groups is 2. The van der Waals surface area contributed by atoms with E-state index in [4.69, 9.17) is 24.8 Å². The minimum atomic E-state index is -0.734. The molecule has 0 heterocycles. The Morgan fingerprint density at radius 2 is 1.65 bits per heavy atom. The predicted octanol–water partition coefficient (Wildman–Crippen LogP) is 1.19. The first-order valence-corrected chi connectivity index (χ1v) is 7.33. The molecule has 0 aliphatic carbocycles. The standard InChI is InChI=1S/C14H28O6/c15-8-9-19-10-11-20-13(12-16)6-4-2-1-3-5-7-14(17)18/h13,15-16H,1-12H2,(H,17,18). The van der Waals surface area contributed by atoms with Gasteiger partial charge in [-0.3, -0.25) is 4.79 Å². The van der Waals surface area contributed by atoms with Crippen molar-refractivity contribution in [1.82, 2.24) is 0 Å². The molecule has 1 unspecified atom stereocenters. The van der Waals surface area contributed by atoms with Gasteiger partial charge in [-0.2, -0.15) is 0 Å². The van der Waals surface area contributed by atoms with Crippen LogP contribution >= 0.6 is 0 Å². The second-order valence-electron chi connectivity index (χ2n) is 4.71. The molecule has 0 amide bonds. The minimum absolute atomic E-state index is 0.000978. The number of ether oxygens (including phenoxy) is 2. The van der Waals surface area contributed by atoms with Crippen LogP contribution in [0.1, 0.15) is 44.9 Å². The topological polar surface area (TPSA) is 96.2 Å². The maximum Gasteiger partial charge on any atom is 0.303 e. The summed E-state index contributed by atoms with van der Waals surface area (Å²) in [6, 6.07) is 0. The molecular weight excluding hydrogens is 264 g/mol. The molecule has 0 saturated heterocycles. The normalized spacial score (nSPS) is 12.5. The second-order valence-corrected chi connectivity index (χ2v) is 4.71. The number of hydrogen-bond acceptors (Lipinski definition) is 5. The third-order valence-electron chi connectivity index (χ3n) is 2.94. The smallest absolute Gasteiger partial charge is 0.303 e. The fraction of sp³-hybridized carbons (Fsp3) is 0.929. The van der Waals surface area contributed by atoms with Crippen molar-refractivity contribution in [2.24, 2.45) is 0 Å². The summed E-state index contributed by atoms with van der Waals surface area (Å²) in [6.45, 7) is 1.16. The van der Waals surface area contributed by atoms with E-state index in [2.05, 4.69) is 0 Å². The van der Waals surface area contributed by atoms with E-state index >= 15 is 0 Å². The average molecular weight is 292 g/mol. The Balaban J connectivity index is 3.34. The molecule has 6 nitrogen and oxygen atoms in total. The lowest BCUT2D eigenvalue weighted by Gasteiger charge is -2.15. The maximum atomic E-state index is 10.3. The molecule has 0 saturated carbocycles. The third kappa shape index (κ3) is 13.7. The summed E-state index contributed by atoms with van der Waals surface area (Å²) in [6.07, 6.45) is 5.57. The van der Waals surface area contributed by atoms with Crippen LogP contribution in [-0.4, -0.2) is 60.4 Å². The van der Waals surface area contributed by atoms with E-state index in [-0.39, 0.29) is 25.7 Å². The Hall–Kier alpha value is -0.690. The second kappa shape index (κ2) is 14.7. The van der Waals surface area contributed by atoms with Gasteiger partial charge in [-0.05, 0) is 12.8 Å². The van der Waals surface area contributed by atoms with Crippen LogP contribution in [0.2, 0.25) is 0 Å². The van der Waals surface area contributed by atoms with E-state index in [1.807, 2.05) is 0 Å². The molecule has 0 fully saturated rings. The molecule has 3 N–H and O–H groups in total. The summed E-state index contributed by atoms with van der Waals surface area (Å²) in [5.74, 6) is -0.734. The fourth-order valence-electron chi connectivity index (χ4n) is 1.85. The van der Waals surface area contributed by atoms with Crippen LogP contribution in [0, 0.1) is 0 Å². The highest BCUT2D eigenvalue weighted by Crippen LogP contribution is 2.10. The van der Waals surface area contributed by atoms with Crippen molar-refractivity contribution in [3.63, 3.8) is 0 Å². The number of carboxylic acid groups (broad SMARTS) is 1. The monoisotopic (exact) mass is 292 g/mol. The van der Waals surface area contributed by atoms with Gasteiger partial charge in [-0.1, -0.05) is 25.7 Å². The molecule has 0 aromatic rings. The Kier molecular flexibility index (Phi) is 14.2. The molecule has 20 heavy (non-hydrogen) atoms. The van der Waals surface area contributed by atoms with Crippen LogP contribution in [0.4, 0.5) is 0 Å². The largest absolute Gasteiger partial charge is 0.481 e. The van der Waals surface area contributed by atoms with Gasteiger partial charge in [0, 0.05) is 6.42 Å². The number of carbonyl (C=O) groups is 1. The van der Waals surface area contributed by atoms with Gasteiger partial charge in [0.2, 0.25) is 0 Å². The van der Waals surface area contributed by atoms with Gasteiger partial charge in [-0.15, -0.1) is 0 Å². The molecule has 0 radical (unpaired) electrons. The van der Waals surface area contributed by atoms with Crippen LogP contribution in [0.15, 0.2) is 0 Å². The molecule has 0 spiro atoms. The van der Waals surface area contributed by atoms with Crippen molar-refractivity contribution in [3.8, 4) is 0 Å². The zero-order valence-corrected chi connectivity index (χ0v) is 12.1. The van der Waals surface area contributed by atoms with E-state index in [0.29, 0.717) is 19.8 Å². The molecule has 0 rings (SSSR count). The first-order chi connectivity index (χ1) is 9.70. The van der Waals surface area contributed by atoms with Crippen LogP contribution in [0.5, 0.6) is 0 Å². The minimum Gasteiger partial charge on any atom is -0.481 e. The summed E-state index contributed by atoms with van der Waals surface area (Å²) in [5.41, 5.74) is 0. The fourth-order valence-corrected chi connectivity index (χ4v) is 1.85. The zero-order chi connectivity index (χ0) is 15.1. The average Bonchev–Trinajstić information content (AvgIpc) is 2.43. The van der Waals surface area contributed by atoms with E-state index in [0.717, 1.165) is 38.5 Å². The zero-order valence-electron chi connectivity index (χ0n) is 12.1. The highest BCUT2D eigenvalue weighted by Gasteiger charge is 2.07. The summed E-state index contributed by atoms with van der Waals surface area (Å²) in [4.78, 5) is 10.3. The van der Waals surface area contributed by atoms with Crippen molar-refractivity contribution in [3.05, 3.63) is 0 Å². The highest BCUT2D eigenvalue weighted by atomic mass is 16.5. The van der Waals surface area contributed by atoms with Crippen LogP contribution in [-0.2, 0) is 14.3 Å². The van der Waals surface area contributed by atoms with Gasteiger partial charge in [0.05, 0.1) is 39.1 Å². The molecule has 0 aliphatic heterocycles. The lowest BCUT2D eigenvalue weighted by molar-refractivity contribution is -0.137. The van der Waals surface area contributed by atoms with Gasteiger partial charge in [0.1, 0.15) is 0 Å². The van der Waals surface area contributed by atoms with Gasteiger partial charge < -0.3 is 24.8 Å². The number of hydrogen-bond donors (Lipinski definition) is 3. The molecular formula is C14H28O6. The van der Waals surface area contributed by atoms with Gasteiger partial charge in [-0.25, -0.2) is 0 Å². The van der Waals surface area contributed by atoms with Crippen LogP contribution in [0.3, 0.4) is 0 Å². The van der Waals surface area contributed by atoms with Crippen molar-refractivity contribution >= 4 is 5.97 Å². The lowest BCUT2D eigenvalue weighted by Crippen LogP contribution is -2.20. The van der Waals surface area contributed by atoms with E-state index in [1.54, 1.807) is 0 Å². The molecule has 0 bridgehead atoms. The highest BCUT2D eigenvalue weighted by molar-refractivity contribution is 5.66. The molecule has 120 valence electrons. The quantitative estimate of drug-likeness (QED) is 0.392. The van der Waals surface area contributed by atoms with E-state index in [1.165, 1.54) is 0 Å². The van der Waals surface area contributed by atoms with E-state index < -0.39 is 5.97 Å². The number of aliphatic hydroxyl groups excluding tert-OH is 2. The number of rotatable bonds is 15. The van der Waals surface area contributed by atoms with Gasteiger partial charge >= 0.3 is 5.97 Å². The molecule has 0 aromatic heterocycles. The Labute approximate surface area is 120 Å². The predicted molar refractivity (Wildman–Crippen MR) is 74.7 cm³/mol. The molecule has 1 atom stereocenters. The maximum absolute atomic E-state index is 10.3. The number of carboxylic acids is 1. The number of aliphatic carboxylic acids is 1.